The molecule has 1 atom stereocenters. The van der Waals surface area contributed by atoms with Gasteiger partial charge in [-0.05, 0) is 13.0 Å². The van der Waals surface area contributed by atoms with Crippen molar-refractivity contribution in [1.82, 2.24) is 4.72 Å². The molecule has 0 aliphatic rings. The van der Waals surface area contributed by atoms with Gasteiger partial charge in [0.15, 0.2) is 0 Å². The van der Waals surface area contributed by atoms with Gasteiger partial charge in [-0.2, -0.15) is 0 Å². The van der Waals surface area contributed by atoms with Crippen LogP contribution in [-0.4, -0.2) is 46.0 Å². The van der Waals surface area contributed by atoms with Crippen molar-refractivity contribution < 1.29 is 26.7 Å². The Labute approximate surface area is 115 Å². The molecular formula is C9H13NO6S3. The van der Waals surface area contributed by atoms with Crippen LogP contribution in [0.2, 0.25) is 0 Å². The summed E-state index contributed by atoms with van der Waals surface area (Å²) in [6.45, 7) is 1.42. The first-order valence-corrected chi connectivity index (χ1v) is 9.45. The SMILES string of the molecule is CC(CS(C)(=O)=O)NS(=O)(=O)c1csc(C(=O)O)c1. The van der Waals surface area contributed by atoms with Crippen molar-refractivity contribution in [2.24, 2.45) is 0 Å². The Bertz CT molecular complexity index is 673. The van der Waals surface area contributed by atoms with E-state index in [2.05, 4.69) is 4.72 Å². The Morgan fingerprint density at radius 2 is 2.00 bits per heavy atom. The van der Waals surface area contributed by atoms with E-state index in [1.54, 1.807) is 0 Å². The molecule has 0 saturated carbocycles. The number of hydrogen-bond donors (Lipinski definition) is 2. The molecule has 1 aromatic heterocycles. The summed E-state index contributed by atoms with van der Waals surface area (Å²) in [7, 11) is -7.22. The summed E-state index contributed by atoms with van der Waals surface area (Å²) in [6.07, 6.45) is 1.00. The van der Waals surface area contributed by atoms with E-state index in [1.807, 2.05) is 0 Å². The number of carboxylic acid groups (broad SMARTS) is 1. The summed E-state index contributed by atoms with van der Waals surface area (Å²) in [5, 5.41) is 9.91. The van der Waals surface area contributed by atoms with Crippen LogP contribution in [0.5, 0.6) is 0 Å². The molecule has 7 nitrogen and oxygen atoms in total. The van der Waals surface area contributed by atoms with Crippen LogP contribution in [0.15, 0.2) is 16.3 Å². The zero-order chi connectivity index (χ0) is 14.8. The van der Waals surface area contributed by atoms with E-state index in [0.29, 0.717) is 0 Å². The summed E-state index contributed by atoms with van der Waals surface area (Å²) in [4.78, 5) is 10.4. The van der Waals surface area contributed by atoms with Crippen molar-refractivity contribution >= 4 is 37.2 Å². The van der Waals surface area contributed by atoms with Crippen molar-refractivity contribution in [2.45, 2.75) is 17.9 Å². The molecule has 0 spiro atoms. The maximum absolute atomic E-state index is 11.9. The smallest absolute Gasteiger partial charge is 0.345 e. The van der Waals surface area contributed by atoms with Crippen molar-refractivity contribution in [3.63, 3.8) is 0 Å². The van der Waals surface area contributed by atoms with E-state index in [4.69, 9.17) is 5.11 Å². The molecular weight excluding hydrogens is 314 g/mol. The summed E-state index contributed by atoms with van der Waals surface area (Å²) >= 11 is 0.788. The van der Waals surface area contributed by atoms with Crippen molar-refractivity contribution in [3.8, 4) is 0 Å². The van der Waals surface area contributed by atoms with Gasteiger partial charge < -0.3 is 5.11 Å². The molecule has 1 rings (SSSR count). The van der Waals surface area contributed by atoms with Crippen LogP contribution in [0.1, 0.15) is 16.6 Å². The maximum atomic E-state index is 11.9. The van der Waals surface area contributed by atoms with Crippen LogP contribution >= 0.6 is 11.3 Å². The molecule has 10 heteroatoms. The van der Waals surface area contributed by atoms with E-state index in [0.717, 1.165) is 23.7 Å². The lowest BCUT2D eigenvalue weighted by molar-refractivity contribution is 0.0702. The van der Waals surface area contributed by atoms with Crippen LogP contribution in [0.25, 0.3) is 0 Å². The van der Waals surface area contributed by atoms with E-state index in [-0.39, 0.29) is 15.5 Å². The predicted molar refractivity (Wildman–Crippen MR) is 70.8 cm³/mol. The highest BCUT2D eigenvalue weighted by atomic mass is 32.2. The summed E-state index contributed by atoms with van der Waals surface area (Å²) in [5.74, 6) is -1.54. The first-order chi connectivity index (χ1) is 8.51. The number of sulfonamides is 1. The first-order valence-electron chi connectivity index (χ1n) is 5.03. The molecule has 0 aliphatic heterocycles. The van der Waals surface area contributed by atoms with Crippen molar-refractivity contribution in [2.75, 3.05) is 12.0 Å². The fraction of sp³-hybridized carbons (Fsp3) is 0.444. The number of nitrogens with one attached hydrogen (secondary N) is 1. The third-order valence-corrected chi connectivity index (χ3v) is 5.75. The monoisotopic (exact) mass is 327 g/mol. The molecule has 19 heavy (non-hydrogen) atoms. The van der Waals surface area contributed by atoms with E-state index < -0.39 is 31.9 Å². The van der Waals surface area contributed by atoms with E-state index in [9.17, 15) is 21.6 Å². The molecule has 2 N–H and O–H groups in total. The van der Waals surface area contributed by atoms with Gasteiger partial charge in [-0.15, -0.1) is 11.3 Å². The zero-order valence-corrected chi connectivity index (χ0v) is 12.6. The lowest BCUT2D eigenvalue weighted by atomic mass is 10.4. The van der Waals surface area contributed by atoms with E-state index >= 15 is 0 Å². The Hall–Kier alpha value is -0.970. The van der Waals surface area contributed by atoms with Crippen molar-refractivity contribution in [3.05, 3.63) is 16.3 Å². The van der Waals surface area contributed by atoms with Gasteiger partial charge in [0.1, 0.15) is 14.7 Å². The maximum Gasteiger partial charge on any atom is 0.345 e. The highest BCUT2D eigenvalue weighted by Crippen LogP contribution is 2.19. The fourth-order valence-corrected chi connectivity index (χ4v) is 4.84. The largest absolute Gasteiger partial charge is 0.477 e. The average molecular weight is 327 g/mol. The normalized spacial score (nSPS) is 14.2. The molecule has 0 amide bonds. The number of carboxylic acids is 1. The minimum atomic E-state index is -3.91. The van der Waals surface area contributed by atoms with Gasteiger partial charge >= 0.3 is 5.97 Å². The Balaban J connectivity index is 2.89. The third kappa shape index (κ3) is 4.90. The summed E-state index contributed by atoms with van der Waals surface area (Å²) in [6, 6.07) is 0.232. The van der Waals surface area contributed by atoms with Crippen LogP contribution < -0.4 is 4.72 Å². The first kappa shape index (κ1) is 16.1. The molecule has 1 unspecified atom stereocenters. The predicted octanol–water partition coefficient (Wildman–Crippen LogP) is 0.158. The lowest BCUT2D eigenvalue weighted by Gasteiger charge is -2.12. The van der Waals surface area contributed by atoms with Gasteiger partial charge in [-0.1, -0.05) is 0 Å². The Kier molecular flexibility index (Phi) is 4.72. The van der Waals surface area contributed by atoms with Gasteiger partial charge in [0.05, 0.1) is 10.6 Å². The molecule has 1 aromatic rings. The third-order valence-electron chi connectivity index (χ3n) is 2.01. The average Bonchev–Trinajstić information content (AvgIpc) is 2.61. The van der Waals surface area contributed by atoms with Gasteiger partial charge in [0, 0.05) is 17.7 Å². The number of hydrogen-bond acceptors (Lipinski definition) is 6. The highest BCUT2D eigenvalue weighted by Gasteiger charge is 2.22. The number of sulfone groups is 1. The highest BCUT2D eigenvalue weighted by molar-refractivity contribution is 7.91. The van der Waals surface area contributed by atoms with Gasteiger partial charge in [0.25, 0.3) is 0 Å². The molecule has 108 valence electrons. The van der Waals surface area contributed by atoms with Crippen LogP contribution in [0.4, 0.5) is 0 Å². The standard InChI is InChI=1S/C9H13NO6S3/c1-6(5-18(2,13)14)10-19(15,16)7-3-8(9(11)12)17-4-7/h3-4,6,10H,5H2,1-2H3,(H,11,12). The van der Waals surface area contributed by atoms with Gasteiger partial charge in [0.2, 0.25) is 10.0 Å². The molecule has 0 fully saturated rings. The van der Waals surface area contributed by atoms with Gasteiger partial charge in [-0.25, -0.2) is 26.4 Å². The Morgan fingerprint density at radius 3 is 2.42 bits per heavy atom. The topological polar surface area (TPSA) is 118 Å². The number of thiophene rings is 1. The number of aromatic carboxylic acids is 1. The van der Waals surface area contributed by atoms with E-state index in [1.165, 1.54) is 12.3 Å². The summed E-state index contributed by atoms with van der Waals surface area (Å²) in [5.41, 5.74) is 0. The van der Waals surface area contributed by atoms with Crippen LogP contribution in [0.3, 0.4) is 0 Å². The van der Waals surface area contributed by atoms with Crippen LogP contribution in [-0.2, 0) is 19.9 Å². The van der Waals surface area contributed by atoms with Crippen LogP contribution in [0, 0.1) is 0 Å². The second kappa shape index (κ2) is 5.57. The minimum absolute atomic E-state index is 0.101. The summed E-state index contributed by atoms with van der Waals surface area (Å²) < 4.78 is 48.0. The quantitative estimate of drug-likeness (QED) is 0.768. The zero-order valence-electron chi connectivity index (χ0n) is 10.2. The molecule has 0 aromatic carbocycles. The lowest BCUT2D eigenvalue weighted by Crippen LogP contribution is -2.37. The molecule has 0 radical (unpaired) electrons. The number of carbonyl (C=O) groups is 1. The van der Waals surface area contributed by atoms with Crippen molar-refractivity contribution in [1.29, 1.82) is 0 Å². The Morgan fingerprint density at radius 1 is 1.42 bits per heavy atom. The molecule has 0 saturated heterocycles. The van der Waals surface area contributed by atoms with Gasteiger partial charge in [-0.3, -0.25) is 0 Å². The molecule has 0 bridgehead atoms. The molecule has 1 heterocycles. The minimum Gasteiger partial charge on any atom is -0.477 e. The second-order valence-electron chi connectivity index (χ2n) is 4.07. The second-order valence-corrected chi connectivity index (χ2v) is 8.88. The number of rotatable bonds is 6. The molecule has 0 aliphatic carbocycles. The fourth-order valence-electron chi connectivity index (χ4n) is 1.39.